The Morgan fingerprint density at radius 2 is 2.16 bits per heavy atom. The zero-order chi connectivity index (χ0) is 14.0. The fraction of sp³-hybridized carbons (Fsp3) is 0.533. The second-order valence-corrected chi connectivity index (χ2v) is 5.95. The number of amides is 1. The van der Waals surface area contributed by atoms with Crippen LogP contribution in [0.2, 0.25) is 0 Å². The summed E-state index contributed by atoms with van der Waals surface area (Å²) < 4.78 is 5.20. The highest BCUT2D eigenvalue weighted by molar-refractivity contribution is 5.85. The van der Waals surface area contributed by atoms with Crippen molar-refractivity contribution in [3.63, 3.8) is 0 Å². The molecule has 4 heteroatoms. The summed E-state index contributed by atoms with van der Waals surface area (Å²) in [5.41, 5.74) is 2.22. The van der Waals surface area contributed by atoms with Gasteiger partial charge in [0.25, 0.3) is 0 Å². The molecule has 0 bridgehead atoms. The van der Waals surface area contributed by atoms with Gasteiger partial charge in [0.2, 0.25) is 0 Å². The first kappa shape index (κ1) is 13.9. The molecule has 2 N–H and O–H groups in total. The summed E-state index contributed by atoms with van der Waals surface area (Å²) in [4.78, 5) is 11.7. The smallest absolute Gasteiger partial charge is 0.412 e. The van der Waals surface area contributed by atoms with Gasteiger partial charge in [0.15, 0.2) is 0 Å². The van der Waals surface area contributed by atoms with Gasteiger partial charge in [-0.3, -0.25) is 5.32 Å². The van der Waals surface area contributed by atoms with Gasteiger partial charge in [-0.2, -0.15) is 0 Å². The second kappa shape index (κ2) is 5.21. The van der Waals surface area contributed by atoms with Crippen LogP contribution in [0, 0.1) is 0 Å². The summed E-state index contributed by atoms with van der Waals surface area (Å²) >= 11 is 0. The number of benzene rings is 1. The largest absolute Gasteiger partial charge is 0.444 e. The fourth-order valence-corrected chi connectivity index (χ4v) is 2.27. The van der Waals surface area contributed by atoms with E-state index in [1.54, 1.807) is 0 Å². The van der Waals surface area contributed by atoms with Gasteiger partial charge in [-0.1, -0.05) is 6.07 Å². The predicted octanol–water partition coefficient (Wildman–Crippen LogP) is 3.40. The molecule has 1 aliphatic carbocycles. The highest BCUT2D eigenvalue weighted by Gasteiger charge is 2.20. The van der Waals surface area contributed by atoms with Gasteiger partial charge < -0.3 is 9.84 Å². The molecule has 0 aliphatic heterocycles. The number of anilines is 1. The van der Waals surface area contributed by atoms with Crippen LogP contribution in [0.25, 0.3) is 0 Å². The third kappa shape index (κ3) is 3.70. The van der Waals surface area contributed by atoms with E-state index in [2.05, 4.69) is 5.32 Å². The van der Waals surface area contributed by atoms with E-state index in [9.17, 15) is 9.90 Å². The number of ether oxygens (including phenoxy) is 1. The number of aliphatic hydroxyl groups excluding tert-OH is 1. The Kier molecular flexibility index (Phi) is 3.80. The topological polar surface area (TPSA) is 58.6 Å². The molecule has 1 unspecified atom stereocenters. The Labute approximate surface area is 113 Å². The zero-order valence-corrected chi connectivity index (χ0v) is 11.7. The van der Waals surface area contributed by atoms with Crippen molar-refractivity contribution in [2.75, 3.05) is 5.32 Å². The average molecular weight is 263 g/mol. The third-order valence-corrected chi connectivity index (χ3v) is 3.07. The molecule has 0 aromatic heterocycles. The Morgan fingerprint density at radius 3 is 2.84 bits per heavy atom. The van der Waals surface area contributed by atoms with E-state index in [1.165, 1.54) is 0 Å². The van der Waals surface area contributed by atoms with Crippen LogP contribution in [0.4, 0.5) is 10.5 Å². The highest BCUT2D eigenvalue weighted by Crippen LogP contribution is 2.31. The molecule has 104 valence electrons. The van der Waals surface area contributed by atoms with Crippen LogP contribution < -0.4 is 5.32 Å². The second-order valence-electron chi connectivity index (χ2n) is 5.95. The molecule has 1 aliphatic rings. The number of hydrogen-bond acceptors (Lipinski definition) is 3. The number of fused-ring (bicyclic) bond motifs is 1. The van der Waals surface area contributed by atoms with Crippen LogP contribution >= 0.6 is 0 Å². The van der Waals surface area contributed by atoms with Crippen LogP contribution in [0.1, 0.15) is 50.8 Å². The van der Waals surface area contributed by atoms with Crippen LogP contribution in [-0.4, -0.2) is 16.8 Å². The third-order valence-electron chi connectivity index (χ3n) is 3.07. The van der Waals surface area contributed by atoms with E-state index < -0.39 is 17.8 Å². The van der Waals surface area contributed by atoms with Crippen LogP contribution in [0.3, 0.4) is 0 Å². The lowest BCUT2D eigenvalue weighted by Gasteiger charge is -2.23. The predicted molar refractivity (Wildman–Crippen MR) is 74.2 cm³/mol. The van der Waals surface area contributed by atoms with Gasteiger partial charge in [0.1, 0.15) is 5.60 Å². The van der Waals surface area contributed by atoms with Crippen molar-refractivity contribution in [2.24, 2.45) is 0 Å². The monoisotopic (exact) mass is 263 g/mol. The van der Waals surface area contributed by atoms with Gasteiger partial charge in [0.05, 0.1) is 6.10 Å². The maximum Gasteiger partial charge on any atom is 0.412 e. The molecule has 0 radical (unpaired) electrons. The molecule has 0 saturated carbocycles. The lowest BCUT2D eigenvalue weighted by atomic mass is 9.89. The quantitative estimate of drug-likeness (QED) is 0.816. The number of carbonyl (C=O) groups excluding carboxylic acids is 1. The van der Waals surface area contributed by atoms with Crippen molar-refractivity contribution >= 4 is 11.8 Å². The first-order valence-corrected chi connectivity index (χ1v) is 6.66. The van der Waals surface area contributed by atoms with Gasteiger partial charge >= 0.3 is 6.09 Å². The van der Waals surface area contributed by atoms with E-state index in [1.807, 2.05) is 39.0 Å². The number of hydrogen-bond donors (Lipinski definition) is 2. The molecule has 4 nitrogen and oxygen atoms in total. The van der Waals surface area contributed by atoms with Gasteiger partial charge in [-0.05, 0) is 63.3 Å². The van der Waals surface area contributed by atoms with Crippen molar-refractivity contribution in [1.82, 2.24) is 0 Å². The average Bonchev–Trinajstić information content (AvgIpc) is 2.27. The molecule has 1 aromatic rings. The minimum atomic E-state index is -0.516. The van der Waals surface area contributed by atoms with Gasteiger partial charge in [0, 0.05) is 5.69 Å². The number of nitrogens with one attached hydrogen (secondary N) is 1. The lowest BCUT2D eigenvalue weighted by Crippen LogP contribution is -2.27. The number of aliphatic hydroxyl groups is 1. The van der Waals surface area contributed by atoms with Crippen LogP contribution in [-0.2, 0) is 11.2 Å². The van der Waals surface area contributed by atoms with Crippen molar-refractivity contribution < 1.29 is 14.6 Å². The normalized spacial score (nSPS) is 18.6. The lowest BCUT2D eigenvalue weighted by molar-refractivity contribution is 0.0635. The summed E-state index contributed by atoms with van der Waals surface area (Å²) in [5, 5.41) is 12.7. The molecule has 1 atom stereocenters. The zero-order valence-electron chi connectivity index (χ0n) is 11.7. The fourth-order valence-electron chi connectivity index (χ4n) is 2.27. The summed E-state index contributed by atoms with van der Waals surface area (Å²) in [6.07, 6.45) is 1.87. The van der Waals surface area contributed by atoms with E-state index >= 15 is 0 Å². The van der Waals surface area contributed by atoms with Crippen molar-refractivity contribution in [2.45, 2.75) is 51.7 Å². The number of rotatable bonds is 1. The minimum Gasteiger partial charge on any atom is -0.444 e. The maximum absolute atomic E-state index is 11.7. The molecule has 0 fully saturated rings. The van der Waals surface area contributed by atoms with Crippen molar-refractivity contribution in [3.8, 4) is 0 Å². The highest BCUT2D eigenvalue weighted by atomic mass is 16.6. The first-order valence-electron chi connectivity index (χ1n) is 6.66. The minimum absolute atomic E-state index is 0.427. The molecule has 2 rings (SSSR count). The van der Waals surface area contributed by atoms with Crippen molar-refractivity contribution in [3.05, 3.63) is 29.3 Å². The Balaban J connectivity index is 2.10. The van der Waals surface area contributed by atoms with E-state index in [-0.39, 0.29) is 0 Å². The Hall–Kier alpha value is -1.55. The van der Waals surface area contributed by atoms with Gasteiger partial charge in [-0.25, -0.2) is 4.79 Å². The molecule has 1 aromatic carbocycles. The molecule has 0 spiro atoms. The van der Waals surface area contributed by atoms with E-state index in [4.69, 9.17) is 4.74 Å². The Bertz CT molecular complexity index is 477. The summed E-state index contributed by atoms with van der Waals surface area (Å²) in [5.74, 6) is 0. The molecular weight excluding hydrogens is 242 g/mol. The molecule has 0 heterocycles. The maximum atomic E-state index is 11.7. The summed E-state index contributed by atoms with van der Waals surface area (Å²) in [6.45, 7) is 5.47. The molecule has 19 heavy (non-hydrogen) atoms. The summed E-state index contributed by atoms with van der Waals surface area (Å²) in [6, 6.07) is 5.65. The Morgan fingerprint density at radius 1 is 1.42 bits per heavy atom. The van der Waals surface area contributed by atoms with E-state index in [0.29, 0.717) is 5.69 Å². The van der Waals surface area contributed by atoms with Crippen LogP contribution in [0.5, 0.6) is 0 Å². The van der Waals surface area contributed by atoms with Crippen molar-refractivity contribution in [1.29, 1.82) is 0 Å². The first-order chi connectivity index (χ1) is 8.85. The molecular formula is C15H21NO3. The molecule has 1 amide bonds. The SMILES string of the molecule is CC(C)(C)OC(=O)Nc1ccc2c(c1)C(O)CCC2. The van der Waals surface area contributed by atoms with E-state index in [0.717, 1.165) is 30.4 Å². The van der Waals surface area contributed by atoms with Gasteiger partial charge in [-0.15, -0.1) is 0 Å². The molecule has 0 saturated heterocycles. The summed E-state index contributed by atoms with van der Waals surface area (Å²) in [7, 11) is 0. The number of aryl methyl sites for hydroxylation is 1. The standard InChI is InChI=1S/C15H21NO3/c1-15(2,3)19-14(18)16-11-8-7-10-5-4-6-13(17)12(10)9-11/h7-9,13,17H,4-6H2,1-3H3,(H,16,18). The number of carbonyl (C=O) groups is 1. The van der Waals surface area contributed by atoms with Crippen LogP contribution in [0.15, 0.2) is 18.2 Å².